The Morgan fingerprint density at radius 1 is 1.19 bits per heavy atom. The van der Waals surface area contributed by atoms with Crippen LogP contribution in [0.2, 0.25) is 10.0 Å². The first-order valence-corrected chi connectivity index (χ1v) is 9.90. The summed E-state index contributed by atoms with van der Waals surface area (Å²) in [5.74, 6) is 0. The number of halogens is 2. The van der Waals surface area contributed by atoms with Crippen molar-refractivity contribution < 1.29 is 13.0 Å². The van der Waals surface area contributed by atoms with Gasteiger partial charge >= 0.3 is 0 Å². The van der Waals surface area contributed by atoms with Gasteiger partial charge in [0, 0.05) is 0 Å². The van der Waals surface area contributed by atoms with Crippen LogP contribution in [0.25, 0.3) is 0 Å². The minimum absolute atomic E-state index is 0.0307. The number of hydrazone groups is 1. The first-order valence-electron chi connectivity index (χ1n) is 7.71. The Kier molecular flexibility index (Phi) is 5.50. The zero-order valence-electron chi connectivity index (χ0n) is 14.0. The van der Waals surface area contributed by atoms with Crippen molar-refractivity contribution in [2.45, 2.75) is 24.0 Å². The van der Waals surface area contributed by atoms with Gasteiger partial charge < -0.3 is 5.73 Å². The number of rotatable bonds is 4. The summed E-state index contributed by atoms with van der Waals surface area (Å²) >= 11 is 11.9. The van der Waals surface area contributed by atoms with E-state index in [2.05, 4.69) is 15.3 Å². The highest BCUT2D eigenvalue weighted by atomic mass is 35.5. The van der Waals surface area contributed by atoms with E-state index in [-0.39, 0.29) is 15.7 Å². The quantitative estimate of drug-likeness (QED) is 0.566. The highest BCUT2D eigenvalue weighted by molar-refractivity contribution is 7.86. The van der Waals surface area contributed by atoms with Gasteiger partial charge in [-0.05, 0) is 31.2 Å². The monoisotopic (exact) mass is 427 g/mol. The number of hydrogen-bond acceptors (Lipinski definition) is 7. The molecule has 1 heterocycles. The minimum atomic E-state index is -4.49. The van der Waals surface area contributed by atoms with E-state index < -0.39 is 27.2 Å². The van der Waals surface area contributed by atoms with Crippen LogP contribution in [-0.4, -0.2) is 30.9 Å². The molecule has 2 atom stereocenters. The second-order valence-electron chi connectivity index (χ2n) is 5.78. The van der Waals surface area contributed by atoms with Crippen molar-refractivity contribution in [3.05, 3.63) is 52.5 Å². The number of anilines is 1. The van der Waals surface area contributed by atoms with Gasteiger partial charge in [0.05, 0.1) is 21.4 Å². The molecule has 142 valence electrons. The van der Waals surface area contributed by atoms with Crippen molar-refractivity contribution in [2.24, 2.45) is 21.1 Å². The molecule has 0 spiro atoms. The maximum Gasteiger partial charge on any atom is 0.296 e. The molecule has 11 heteroatoms. The third-order valence-electron chi connectivity index (χ3n) is 3.89. The average molecular weight is 428 g/mol. The molecule has 0 fully saturated rings. The van der Waals surface area contributed by atoms with Gasteiger partial charge in [-0.25, -0.2) is 5.01 Å². The Hall–Kier alpha value is -2.04. The molecule has 0 aliphatic carbocycles. The first-order chi connectivity index (χ1) is 12.7. The molecule has 0 amide bonds. The predicted molar refractivity (Wildman–Crippen MR) is 105 cm³/mol. The smallest absolute Gasteiger partial charge is 0.296 e. The zero-order chi connectivity index (χ0) is 19.8. The number of nitrogens with zero attached hydrogens (tertiary/aromatic N) is 4. The Morgan fingerprint density at radius 3 is 2.48 bits per heavy atom. The standard InChI is InChI=1S/C16H15Cl2N5O3S/c1-9-15(16(19)23(22-9)10-5-3-2-4-6-10)21-20-13-7-12(18)14(8-11(13)17)27(24,25)26/h2-8,15-16H,19H2,1H3,(H,24,25,26)/t15-,16-/m0/s1. The van der Waals surface area contributed by atoms with Crippen LogP contribution < -0.4 is 10.7 Å². The van der Waals surface area contributed by atoms with Crippen molar-refractivity contribution in [1.82, 2.24) is 0 Å². The van der Waals surface area contributed by atoms with Gasteiger partial charge in [0.2, 0.25) is 0 Å². The topological polar surface area (TPSA) is 121 Å². The van der Waals surface area contributed by atoms with E-state index in [0.717, 1.165) is 11.8 Å². The highest BCUT2D eigenvalue weighted by Gasteiger charge is 2.33. The lowest BCUT2D eigenvalue weighted by Crippen LogP contribution is -2.43. The van der Waals surface area contributed by atoms with Crippen LogP contribution in [0.1, 0.15) is 6.92 Å². The molecule has 1 aliphatic rings. The van der Waals surface area contributed by atoms with E-state index in [4.69, 9.17) is 33.5 Å². The van der Waals surface area contributed by atoms with Gasteiger partial charge in [-0.1, -0.05) is 41.4 Å². The molecule has 8 nitrogen and oxygen atoms in total. The summed E-state index contributed by atoms with van der Waals surface area (Å²) < 4.78 is 31.7. The lowest BCUT2D eigenvalue weighted by molar-refractivity contribution is 0.483. The van der Waals surface area contributed by atoms with Gasteiger partial charge in [0.1, 0.15) is 22.8 Å². The van der Waals surface area contributed by atoms with Crippen molar-refractivity contribution >= 4 is 50.4 Å². The minimum Gasteiger partial charge on any atom is -0.307 e. The second-order valence-corrected chi connectivity index (χ2v) is 7.99. The number of nitrogens with two attached hydrogens (primary N) is 1. The summed E-state index contributed by atoms with van der Waals surface area (Å²) in [5.41, 5.74) is 7.87. The normalized spacial score (nSPS) is 20.3. The van der Waals surface area contributed by atoms with E-state index in [1.807, 2.05) is 30.3 Å². The summed E-state index contributed by atoms with van der Waals surface area (Å²) in [6.45, 7) is 1.78. The first kappa shape index (κ1) is 19.7. The molecule has 27 heavy (non-hydrogen) atoms. The molecule has 0 saturated heterocycles. The maximum absolute atomic E-state index is 11.3. The summed E-state index contributed by atoms with van der Waals surface area (Å²) in [4.78, 5) is -0.501. The van der Waals surface area contributed by atoms with Crippen LogP contribution in [0.4, 0.5) is 11.4 Å². The van der Waals surface area contributed by atoms with Gasteiger partial charge in [-0.15, -0.1) is 0 Å². The average Bonchev–Trinajstić information content (AvgIpc) is 2.89. The molecule has 3 rings (SSSR count). The molecule has 2 aromatic carbocycles. The molecule has 0 radical (unpaired) electrons. The predicted octanol–water partition coefficient (Wildman–Crippen LogP) is 3.87. The Bertz CT molecular complexity index is 1030. The summed E-state index contributed by atoms with van der Waals surface area (Å²) in [5, 5.41) is 14.1. The van der Waals surface area contributed by atoms with E-state index in [0.29, 0.717) is 5.71 Å². The van der Waals surface area contributed by atoms with Gasteiger partial charge in [-0.2, -0.15) is 23.7 Å². The van der Waals surface area contributed by atoms with Crippen LogP contribution in [0.5, 0.6) is 0 Å². The molecule has 0 aromatic heterocycles. The van der Waals surface area contributed by atoms with Gasteiger partial charge in [0.15, 0.2) is 0 Å². The molecule has 3 N–H and O–H groups in total. The highest BCUT2D eigenvalue weighted by Crippen LogP contribution is 2.34. The van der Waals surface area contributed by atoms with Crippen LogP contribution >= 0.6 is 23.2 Å². The second kappa shape index (κ2) is 7.53. The van der Waals surface area contributed by atoms with Crippen LogP contribution in [-0.2, 0) is 10.1 Å². The third kappa shape index (κ3) is 4.12. The molecule has 0 unspecified atom stereocenters. The molecule has 0 saturated carbocycles. The fourth-order valence-corrected chi connectivity index (χ4v) is 3.84. The van der Waals surface area contributed by atoms with Gasteiger partial charge in [0.25, 0.3) is 10.1 Å². The van der Waals surface area contributed by atoms with Crippen molar-refractivity contribution in [1.29, 1.82) is 0 Å². The summed E-state index contributed by atoms with van der Waals surface area (Å²) in [6.07, 6.45) is -0.567. The lowest BCUT2D eigenvalue weighted by atomic mass is 10.2. The van der Waals surface area contributed by atoms with Crippen molar-refractivity contribution in [3.63, 3.8) is 0 Å². The van der Waals surface area contributed by atoms with E-state index in [9.17, 15) is 8.42 Å². The summed E-state index contributed by atoms with van der Waals surface area (Å²) in [7, 11) is -4.49. The lowest BCUT2D eigenvalue weighted by Gasteiger charge is -2.21. The van der Waals surface area contributed by atoms with E-state index in [1.54, 1.807) is 11.9 Å². The van der Waals surface area contributed by atoms with Crippen molar-refractivity contribution in [3.8, 4) is 0 Å². The number of hydrogen-bond donors (Lipinski definition) is 2. The fraction of sp³-hybridized carbons (Fsp3) is 0.188. The molecular formula is C16H15Cl2N5O3S. The number of azo groups is 1. The molecule has 0 bridgehead atoms. The largest absolute Gasteiger partial charge is 0.307 e. The zero-order valence-corrected chi connectivity index (χ0v) is 16.3. The molecule has 1 aliphatic heterocycles. The van der Waals surface area contributed by atoms with Crippen LogP contribution in [0.3, 0.4) is 0 Å². The number of benzene rings is 2. The fourth-order valence-electron chi connectivity index (χ4n) is 2.56. The Labute approximate surface area is 166 Å². The van der Waals surface area contributed by atoms with Crippen LogP contribution in [0, 0.1) is 0 Å². The Morgan fingerprint density at radius 2 is 1.85 bits per heavy atom. The Balaban J connectivity index is 1.87. The van der Waals surface area contributed by atoms with E-state index >= 15 is 0 Å². The van der Waals surface area contributed by atoms with Crippen molar-refractivity contribution in [2.75, 3.05) is 5.01 Å². The SMILES string of the molecule is CC1=NN(c2ccccc2)[C@H](N)[C@H]1N=Nc1cc(Cl)c(S(=O)(=O)O)cc1Cl. The summed E-state index contributed by atoms with van der Waals surface area (Å²) in [6, 6.07) is 11.1. The third-order valence-corrected chi connectivity index (χ3v) is 5.51. The van der Waals surface area contributed by atoms with E-state index in [1.165, 1.54) is 6.07 Å². The molecule has 2 aromatic rings. The maximum atomic E-state index is 11.3. The van der Waals surface area contributed by atoms with Crippen LogP contribution in [0.15, 0.2) is 62.7 Å². The number of para-hydroxylation sites is 1. The molecular weight excluding hydrogens is 413 g/mol. The van der Waals surface area contributed by atoms with Gasteiger partial charge in [-0.3, -0.25) is 4.55 Å².